The van der Waals surface area contributed by atoms with Gasteiger partial charge >= 0.3 is 0 Å². The van der Waals surface area contributed by atoms with Crippen LogP contribution in [0.2, 0.25) is 0 Å². The first kappa shape index (κ1) is 16.0. The van der Waals surface area contributed by atoms with Gasteiger partial charge in [-0.15, -0.1) is 12.8 Å². The van der Waals surface area contributed by atoms with Crippen molar-refractivity contribution in [1.29, 1.82) is 0 Å². The molecule has 0 saturated carbocycles. The fraction of sp³-hybridized carbons (Fsp3) is 0.267. The summed E-state index contributed by atoms with van der Waals surface area (Å²) in [6.45, 7) is 1.49. The molecule has 4 nitrogen and oxygen atoms in total. The summed E-state index contributed by atoms with van der Waals surface area (Å²) >= 11 is 0. The van der Waals surface area contributed by atoms with Gasteiger partial charge in [0.2, 0.25) is 10.0 Å². The van der Waals surface area contributed by atoms with Gasteiger partial charge in [0.05, 0.1) is 18.0 Å². The van der Waals surface area contributed by atoms with E-state index in [0.717, 1.165) is 4.31 Å². The number of ketones is 1. The van der Waals surface area contributed by atoms with Crippen LogP contribution in [0.4, 0.5) is 0 Å². The zero-order valence-corrected chi connectivity index (χ0v) is 12.0. The number of hydrogen-bond donors (Lipinski definition) is 0. The number of hydrogen-bond acceptors (Lipinski definition) is 3. The third kappa shape index (κ3) is 3.48. The number of rotatable bonds is 6. The van der Waals surface area contributed by atoms with Crippen LogP contribution >= 0.6 is 0 Å². The van der Waals surface area contributed by atoms with Crippen molar-refractivity contribution in [2.45, 2.75) is 18.2 Å². The number of terminal acetylenes is 2. The predicted octanol–water partition coefficient (Wildman–Crippen LogP) is 1.54. The second-order valence-corrected chi connectivity index (χ2v) is 5.92. The SMILES string of the molecule is C#CCN(CC#C)S(=O)(=O)c1cccc(C(=O)CC)c1. The first-order valence-electron chi connectivity index (χ1n) is 5.97. The molecule has 0 radical (unpaired) electrons. The van der Waals surface area contributed by atoms with E-state index in [0.29, 0.717) is 12.0 Å². The highest BCUT2D eigenvalue weighted by Gasteiger charge is 2.23. The Hall–Kier alpha value is -2.08. The molecule has 20 heavy (non-hydrogen) atoms. The molecule has 0 aliphatic carbocycles. The first-order valence-corrected chi connectivity index (χ1v) is 7.41. The van der Waals surface area contributed by atoms with Crippen molar-refractivity contribution in [2.75, 3.05) is 13.1 Å². The molecule has 5 heteroatoms. The largest absolute Gasteiger partial charge is 0.294 e. The van der Waals surface area contributed by atoms with Gasteiger partial charge in [0.15, 0.2) is 5.78 Å². The van der Waals surface area contributed by atoms with Crippen molar-refractivity contribution < 1.29 is 13.2 Å². The molecule has 0 aromatic heterocycles. The van der Waals surface area contributed by atoms with Crippen molar-refractivity contribution in [3.63, 3.8) is 0 Å². The Labute approximate surface area is 119 Å². The van der Waals surface area contributed by atoms with Crippen LogP contribution in [0.1, 0.15) is 23.7 Å². The number of carbonyl (C=O) groups excluding carboxylic acids is 1. The molecule has 0 fully saturated rings. The number of carbonyl (C=O) groups is 1. The highest BCUT2D eigenvalue weighted by atomic mass is 32.2. The van der Waals surface area contributed by atoms with Crippen LogP contribution in [0.5, 0.6) is 0 Å². The van der Waals surface area contributed by atoms with Crippen LogP contribution in [0.25, 0.3) is 0 Å². The van der Waals surface area contributed by atoms with Gasteiger partial charge in [0.1, 0.15) is 0 Å². The standard InChI is InChI=1S/C15H15NO3S/c1-4-10-16(11-5-2)20(18,19)14-9-7-8-13(12-14)15(17)6-3/h1-2,7-9,12H,6,10-11H2,3H3. The van der Waals surface area contributed by atoms with Crippen LogP contribution < -0.4 is 0 Å². The van der Waals surface area contributed by atoms with E-state index in [4.69, 9.17) is 12.8 Å². The summed E-state index contributed by atoms with van der Waals surface area (Å²) in [7, 11) is -3.79. The van der Waals surface area contributed by atoms with Crippen molar-refractivity contribution in [1.82, 2.24) is 4.31 Å². The summed E-state index contributed by atoms with van der Waals surface area (Å²) in [4.78, 5) is 11.7. The molecule has 0 aliphatic rings. The van der Waals surface area contributed by atoms with Gasteiger partial charge in [0.25, 0.3) is 0 Å². The van der Waals surface area contributed by atoms with Crippen molar-refractivity contribution in [3.8, 4) is 24.7 Å². The van der Waals surface area contributed by atoms with Gasteiger partial charge in [-0.1, -0.05) is 30.9 Å². The highest BCUT2D eigenvalue weighted by Crippen LogP contribution is 2.17. The zero-order valence-electron chi connectivity index (χ0n) is 11.2. The maximum atomic E-state index is 12.4. The minimum atomic E-state index is -3.79. The summed E-state index contributed by atoms with van der Waals surface area (Å²) in [5, 5.41) is 0. The normalized spacial score (nSPS) is 10.8. The lowest BCUT2D eigenvalue weighted by Gasteiger charge is -2.17. The van der Waals surface area contributed by atoms with E-state index >= 15 is 0 Å². The van der Waals surface area contributed by atoms with Gasteiger partial charge in [-0.2, -0.15) is 4.31 Å². The number of Topliss-reactive ketones (excluding diaryl/α,β-unsaturated/α-hetero) is 1. The lowest BCUT2D eigenvalue weighted by Crippen LogP contribution is -2.32. The average molecular weight is 289 g/mol. The van der Waals surface area contributed by atoms with Gasteiger partial charge in [-0.25, -0.2) is 8.42 Å². The molecular formula is C15H15NO3S. The Balaban J connectivity index is 3.25. The van der Waals surface area contributed by atoms with Crippen molar-refractivity contribution in [2.24, 2.45) is 0 Å². The molecule has 0 unspecified atom stereocenters. The Kier molecular flexibility index (Phi) is 5.52. The highest BCUT2D eigenvalue weighted by molar-refractivity contribution is 7.89. The van der Waals surface area contributed by atoms with Crippen LogP contribution in [0.15, 0.2) is 29.2 Å². The molecule has 0 atom stereocenters. The fourth-order valence-electron chi connectivity index (χ4n) is 1.61. The molecule has 1 rings (SSSR count). The topological polar surface area (TPSA) is 54.5 Å². The molecule has 0 amide bonds. The fourth-order valence-corrected chi connectivity index (χ4v) is 2.93. The Morgan fingerprint density at radius 2 is 1.85 bits per heavy atom. The summed E-state index contributed by atoms with van der Waals surface area (Å²) in [6.07, 6.45) is 10.6. The molecular weight excluding hydrogens is 274 g/mol. The van der Waals surface area contributed by atoms with Gasteiger partial charge in [-0.3, -0.25) is 4.79 Å². The molecule has 0 N–H and O–H groups in total. The molecule has 0 saturated heterocycles. The maximum absolute atomic E-state index is 12.4. The number of sulfonamides is 1. The summed E-state index contributed by atoms with van der Waals surface area (Å²) < 4.78 is 25.8. The lowest BCUT2D eigenvalue weighted by atomic mass is 10.1. The van der Waals surface area contributed by atoms with Gasteiger partial charge in [-0.05, 0) is 12.1 Å². The molecule has 0 spiro atoms. The van der Waals surface area contributed by atoms with E-state index in [-0.39, 0.29) is 23.8 Å². The van der Waals surface area contributed by atoms with E-state index in [1.165, 1.54) is 18.2 Å². The van der Waals surface area contributed by atoms with Crippen molar-refractivity contribution >= 4 is 15.8 Å². The Morgan fingerprint density at radius 3 is 2.35 bits per heavy atom. The van der Waals surface area contributed by atoms with Crippen LogP contribution in [-0.2, 0) is 10.0 Å². The van der Waals surface area contributed by atoms with E-state index in [1.54, 1.807) is 13.0 Å². The zero-order chi connectivity index (χ0) is 15.2. The van der Waals surface area contributed by atoms with Crippen molar-refractivity contribution in [3.05, 3.63) is 29.8 Å². The molecule has 1 aromatic rings. The molecule has 0 aliphatic heterocycles. The van der Waals surface area contributed by atoms with E-state index < -0.39 is 10.0 Å². The number of nitrogens with zero attached hydrogens (tertiary/aromatic N) is 1. The van der Waals surface area contributed by atoms with Crippen LogP contribution in [-0.4, -0.2) is 31.6 Å². The first-order chi connectivity index (χ1) is 9.47. The minimum absolute atomic E-state index is 0.0160. The van der Waals surface area contributed by atoms with Crippen LogP contribution in [0, 0.1) is 24.7 Å². The molecule has 104 valence electrons. The molecule has 0 heterocycles. The van der Waals surface area contributed by atoms with Gasteiger partial charge < -0.3 is 0 Å². The summed E-state index contributed by atoms with van der Waals surface area (Å²) in [6, 6.07) is 5.88. The second kappa shape index (κ2) is 6.91. The lowest BCUT2D eigenvalue weighted by molar-refractivity contribution is 0.0988. The van der Waals surface area contributed by atoms with E-state index in [9.17, 15) is 13.2 Å². The minimum Gasteiger partial charge on any atom is -0.294 e. The van der Waals surface area contributed by atoms with Crippen LogP contribution in [0.3, 0.4) is 0 Å². The maximum Gasteiger partial charge on any atom is 0.244 e. The summed E-state index contributed by atoms with van der Waals surface area (Å²) in [5.41, 5.74) is 0.356. The third-order valence-corrected chi connectivity index (χ3v) is 4.44. The molecule has 0 bridgehead atoms. The van der Waals surface area contributed by atoms with E-state index in [2.05, 4.69) is 11.8 Å². The smallest absolute Gasteiger partial charge is 0.244 e. The van der Waals surface area contributed by atoms with E-state index in [1.807, 2.05) is 0 Å². The molecule has 1 aromatic carbocycles. The average Bonchev–Trinajstić information content (AvgIpc) is 2.46. The predicted molar refractivity (Wildman–Crippen MR) is 77.5 cm³/mol. The third-order valence-electron chi connectivity index (χ3n) is 2.65. The summed E-state index contributed by atoms with van der Waals surface area (Å²) in [5.74, 6) is 4.40. The Bertz CT molecular complexity index is 662. The number of benzene rings is 1. The van der Waals surface area contributed by atoms with Gasteiger partial charge in [0, 0.05) is 12.0 Å². The quantitative estimate of drug-likeness (QED) is 0.589. The second-order valence-electron chi connectivity index (χ2n) is 3.99. The monoisotopic (exact) mass is 289 g/mol. The Morgan fingerprint density at radius 1 is 1.25 bits per heavy atom.